The number of nitrogens with one attached hydrogen (secondary N) is 1. The van der Waals surface area contributed by atoms with E-state index in [4.69, 9.17) is 21.1 Å². The third-order valence-electron chi connectivity index (χ3n) is 5.46. The Morgan fingerprint density at radius 3 is 2.46 bits per heavy atom. The van der Waals surface area contributed by atoms with Crippen LogP contribution in [0.15, 0.2) is 52.7 Å². The number of thiophene rings is 1. The molecule has 0 aliphatic carbocycles. The molecular formula is C23H22ClF3N2O4S2. The van der Waals surface area contributed by atoms with E-state index >= 15 is 0 Å². The molecule has 0 bridgehead atoms. The second-order valence-electron chi connectivity index (χ2n) is 8.08. The van der Waals surface area contributed by atoms with Crippen LogP contribution in [-0.2, 0) is 16.2 Å². The van der Waals surface area contributed by atoms with Crippen molar-refractivity contribution in [2.24, 2.45) is 0 Å². The molecule has 12 heteroatoms. The van der Waals surface area contributed by atoms with E-state index in [9.17, 15) is 21.6 Å². The summed E-state index contributed by atoms with van der Waals surface area (Å²) in [4.78, 5) is 2.49. The molecule has 188 valence electrons. The summed E-state index contributed by atoms with van der Waals surface area (Å²) < 4.78 is 79.7. The molecule has 1 atom stereocenters. The van der Waals surface area contributed by atoms with Crippen LogP contribution in [0.4, 0.5) is 18.9 Å². The Morgan fingerprint density at radius 1 is 1.14 bits per heavy atom. The molecule has 0 unspecified atom stereocenters. The van der Waals surface area contributed by atoms with Gasteiger partial charge in [0, 0.05) is 19.2 Å². The zero-order valence-electron chi connectivity index (χ0n) is 18.7. The van der Waals surface area contributed by atoms with Gasteiger partial charge in [0.2, 0.25) is 0 Å². The van der Waals surface area contributed by atoms with Gasteiger partial charge < -0.3 is 14.4 Å². The molecule has 2 aromatic carbocycles. The van der Waals surface area contributed by atoms with Gasteiger partial charge in [0.05, 0.1) is 28.3 Å². The average molecular weight is 547 g/mol. The standard InChI is InChI=1S/C23H22ClF3N2O4S2/c1-29-10-9-17(13-29)33-20-11-15(5-8-18(20)23(25,26)27)28-35(30,31)21-12-19(24)22(34-21)14-3-6-16(32-2)7-4-14/h3-8,11-12,17,28H,9-10,13H2,1-2H3/t17-/m1/s1. The SMILES string of the molecule is COc1ccc(-c2sc(S(=O)(=O)Nc3ccc(C(F)(F)F)c(O[C@@H]4CCN(C)C4)c3)cc2Cl)cc1. The highest BCUT2D eigenvalue weighted by atomic mass is 35.5. The second kappa shape index (κ2) is 9.88. The molecule has 0 amide bonds. The Bertz CT molecular complexity index is 1310. The van der Waals surface area contributed by atoms with Crippen molar-refractivity contribution in [3.63, 3.8) is 0 Å². The number of nitrogens with zero attached hydrogens (tertiary/aromatic N) is 1. The lowest BCUT2D eigenvalue weighted by molar-refractivity contribution is -0.139. The number of hydrogen-bond donors (Lipinski definition) is 1. The highest BCUT2D eigenvalue weighted by Gasteiger charge is 2.36. The van der Waals surface area contributed by atoms with Crippen LogP contribution in [0.1, 0.15) is 12.0 Å². The predicted octanol–water partition coefficient (Wildman–Crippen LogP) is 5.98. The molecule has 1 saturated heterocycles. The Labute approximate surface area is 210 Å². The van der Waals surface area contributed by atoms with Crippen LogP contribution in [0.25, 0.3) is 10.4 Å². The van der Waals surface area contributed by atoms with Gasteiger partial charge >= 0.3 is 6.18 Å². The summed E-state index contributed by atoms with van der Waals surface area (Å²) in [5, 5.41) is 0.238. The average Bonchev–Trinajstić information content (AvgIpc) is 3.38. The first kappa shape index (κ1) is 25.6. The van der Waals surface area contributed by atoms with Crippen molar-refractivity contribution < 1.29 is 31.1 Å². The van der Waals surface area contributed by atoms with Crippen molar-refractivity contribution in [3.05, 3.63) is 59.1 Å². The highest BCUT2D eigenvalue weighted by molar-refractivity contribution is 7.94. The molecule has 3 aromatic rings. The maximum atomic E-state index is 13.5. The molecule has 0 radical (unpaired) electrons. The maximum Gasteiger partial charge on any atom is 0.419 e. The normalized spacial score (nSPS) is 16.9. The monoisotopic (exact) mass is 546 g/mol. The number of methoxy groups -OCH3 is 1. The van der Waals surface area contributed by atoms with Gasteiger partial charge in [-0.1, -0.05) is 11.6 Å². The minimum atomic E-state index is -4.65. The minimum absolute atomic E-state index is 0.0464. The summed E-state index contributed by atoms with van der Waals surface area (Å²) >= 11 is 7.25. The second-order valence-corrected chi connectivity index (χ2v) is 11.4. The Balaban J connectivity index is 1.61. The molecule has 2 heterocycles. The molecule has 1 fully saturated rings. The number of likely N-dealkylation sites (N-methyl/N-ethyl adjacent to an activating group) is 1. The van der Waals surface area contributed by atoms with Crippen molar-refractivity contribution in [2.75, 3.05) is 32.0 Å². The third kappa shape index (κ3) is 5.85. The van der Waals surface area contributed by atoms with Crippen LogP contribution in [0, 0.1) is 0 Å². The minimum Gasteiger partial charge on any atom is -0.497 e. The van der Waals surface area contributed by atoms with Crippen molar-refractivity contribution in [1.82, 2.24) is 4.90 Å². The largest absolute Gasteiger partial charge is 0.497 e. The summed E-state index contributed by atoms with van der Waals surface area (Å²) in [5.74, 6) is 0.224. The number of ether oxygens (including phenoxy) is 2. The van der Waals surface area contributed by atoms with Crippen molar-refractivity contribution >= 4 is 38.6 Å². The fourth-order valence-corrected chi connectivity index (χ4v) is 6.59. The molecule has 4 rings (SSSR count). The number of hydrogen-bond acceptors (Lipinski definition) is 6. The predicted molar refractivity (Wildman–Crippen MR) is 130 cm³/mol. The number of alkyl halides is 3. The first-order valence-corrected chi connectivity index (χ1v) is 13.2. The topological polar surface area (TPSA) is 67.9 Å². The number of sulfonamides is 1. The van der Waals surface area contributed by atoms with E-state index in [2.05, 4.69) is 4.72 Å². The van der Waals surface area contributed by atoms with Crippen LogP contribution in [-0.4, -0.2) is 46.7 Å². The zero-order valence-corrected chi connectivity index (χ0v) is 21.1. The lowest BCUT2D eigenvalue weighted by atomic mass is 10.1. The van der Waals surface area contributed by atoms with E-state index in [1.807, 2.05) is 11.9 Å². The van der Waals surface area contributed by atoms with E-state index in [1.54, 1.807) is 24.3 Å². The number of anilines is 1. The van der Waals surface area contributed by atoms with Crippen LogP contribution in [0.5, 0.6) is 11.5 Å². The van der Waals surface area contributed by atoms with E-state index in [1.165, 1.54) is 13.2 Å². The van der Waals surface area contributed by atoms with E-state index in [-0.39, 0.29) is 14.9 Å². The lowest BCUT2D eigenvalue weighted by Gasteiger charge is -2.19. The molecule has 6 nitrogen and oxygen atoms in total. The lowest BCUT2D eigenvalue weighted by Crippen LogP contribution is -2.23. The van der Waals surface area contributed by atoms with Gasteiger partial charge in [-0.05, 0) is 61.5 Å². The number of benzene rings is 2. The Hall–Kier alpha value is -2.47. The van der Waals surface area contributed by atoms with Gasteiger partial charge in [0.1, 0.15) is 21.8 Å². The van der Waals surface area contributed by atoms with Gasteiger partial charge in [0.25, 0.3) is 10.0 Å². The zero-order chi connectivity index (χ0) is 25.4. The number of rotatable bonds is 7. The first-order chi connectivity index (χ1) is 16.5. The third-order valence-corrected chi connectivity index (χ3v) is 8.91. The van der Waals surface area contributed by atoms with Crippen molar-refractivity contribution in [1.29, 1.82) is 0 Å². The van der Waals surface area contributed by atoms with Crippen molar-refractivity contribution in [2.45, 2.75) is 22.9 Å². The van der Waals surface area contributed by atoms with E-state index < -0.39 is 33.6 Å². The summed E-state index contributed by atoms with van der Waals surface area (Å²) in [6.45, 7) is 1.18. The molecule has 0 spiro atoms. The smallest absolute Gasteiger partial charge is 0.419 e. The van der Waals surface area contributed by atoms with E-state index in [0.717, 1.165) is 29.5 Å². The van der Waals surface area contributed by atoms with Crippen LogP contribution in [0.2, 0.25) is 5.02 Å². The molecule has 1 aliphatic rings. The van der Waals surface area contributed by atoms with Crippen LogP contribution < -0.4 is 14.2 Å². The fraction of sp³-hybridized carbons (Fsp3) is 0.304. The summed E-state index contributed by atoms with van der Waals surface area (Å²) in [7, 11) is -0.735. The Kier molecular flexibility index (Phi) is 7.23. The molecule has 1 aromatic heterocycles. The van der Waals surface area contributed by atoms with Crippen LogP contribution in [0.3, 0.4) is 0 Å². The molecule has 35 heavy (non-hydrogen) atoms. The van der Waals surface area contributed by atoms with Crippen LogP contribution >= 0.6 is 22.9 Å². The van der Waals surface area contributed by atoms with Gasteiger partial charge in [-0.2, -0.15) is 13.2 Å². The van der Waals surface area contributed by atoms with Gasteiger partial charge in [-0.3, -0.25) is 4.72 Å². The molecule has 0 saturated carbocycles. The van der Waals surface area contributed by atoms with Gasteiger partial charge in [-0.15, -0.1) is 11.3 Å². The van der Waals surface area contributed by atoms with Crippen molar-refractivity contribution in [3.8, 4) is 21.9 Å². The van der Waals surface area contributed by atoms with Gasteiger partial charge in [-0.25, -0.2) is 8.42 Å². The molecule has 1 aliphatic heterocycles. The molecule has 1 N–H and O–H groups in total. The fourth-order valence-electron chi connectivity index (χ4n) is 3.71. The Morgan fingerprint density at radius 2 is 1.86 bits per heavy atom. The molecular weight excluding hydrogens is 525 g/mol. The van der Waals surface area contributed by atoms with E-state index in [0.29, 0.717) is 35.7 Å². The first-order valence-electron chi connectivity index (χ1n) is 10.5. The summed E-state index contributed by atoms with van der Waals surface area (Å²) in [6, 6.07) is 11.2. The maximum absolute atomic E-state index is 13.5. The number of halogens is 4. The highest BCUT2D eigenvalue weighted by Crippen LogP contribution is 2.41. The number of likely N-dealkylation sites (tertiary alicyclic amines) is 1. The quantitative estimate of drug-likeness (QED) is 0.395. The van der Waals surface area contributed by atoms with Gasteiger partial charge in [0.15, 0.2) is 0 Å². The summed E-state index contributed by atoms with van der Waals surface area (Å²) in [5.41, 5.74) is -0.306. The summed E-state index contributed by atoms with van der Waals surface area (Å²) in [6.07, 6.45) is -4.49.